The molecule has 1 unspecified atom stereocenters. The number of carbonyl (C=O) groups excluding carboxylic acids is 1. The monoisotopic (exact) mass is 289 g/mol. The van der Waals surface area contributed by atoms with Gasteiger partial charge in [0.05, 0.1) is 18.1 Å². The largest absolute Gasteiger partial charge is 0.378 e. The SMILES string of the molecule is CCCCCN1C(=O)[C@@H](C(C)OCC)[C@H]1c1ccccc1. The van der Waals surface area contributed by atoms with Gasteiger partial charge in [0.2, 0.25) is 5.91 Å². The fourth-order valence-electron chi connectivity index (χ4n) is 3.22. The number of likely N-dealkylation sites (tertiary alicyclic amines) is 1. The van der Waals surface area contributed by atoms with Crippen LogP contribution >= 0.6 is 0 Å². The van der Waals surface area contributed by atoms with Gasteiger partial charge in [-0.2, -0.15) is 0 Å². The highest BCUT2D eigenvalue weighted by atomic mass is 16.5. The van der Waals surface area contributed by atoms with Crippen LogP contribution in [-0.4, -0.2) is 30.1 Å². The maximum Gasteiger partial charge on any atom is 0.231 e. The molecule has 116 valence electrons. The maximum absolute atomic E-state index is 12.5. The molecule has 0 radical (unpaired) electrons. The van der Waals surface area contributed by atoms with Crippen LogP contribution in [-0.2, 0) is 9.53 Å². The Bertz CT molecular complexity index is 446. The van der Waals surface area contributed by atoms with Gasteiger partial charge in [-0.05, 0) is 25.8 Å². The zero-order valence-electron chi connectivity index (χ0n) is 13.4. The fraction of sp³-hybridized carbons (Fsp3) is 0.611. The van der Waals surface area contributed by atoms with Crippen LogP contribution in [0.4, 0.5) is 0 Å². The number of carbonyl (C=O) groups is 1. The number of rotatable bonds is 8. The van der Waals surface area contributed by atoms with Crippen molar-refractivity contribution in [3.63, 3.8) is 0 Å². The van der Waals surface area contributed by atoms with E-state index in [1.54, 1.807) is 0 Å². The molecule has 1 amide bonds. The molecule has 1 aromatic rings. The van der Waals surface area contributed by atoms with Gasteiger partial charge in [-0.15, -0.1) is 0 Å². The molecule has 0 saturated carbocycles. The van der Waals surface area contributed by atoms with E-state index in [0.717, 1.165) is 13.0 Å². The summed E-state index contributed by atoms with van der Waals surface area (Å²) in [6.07, 6.45) is 3.42. The van der Waals surface area contributed by atoms with Crippen LogP contribution < -0.4 is 0 Å². The molecule has 1 saturated heterocycles. The number of β-lactam (4-membered cyclic amide) rings is 1. The summed E-state index contributed by atoms with van der Waals surface area (Å²) in [5.74, 6) is 0.217. The first-order valence-electron chi connectivity index (χ1n) is 8.17. The summed E-state index contributed by atoms with van der Waals surface area (Å²) in [7, 11) is 0. The van der Waals surface area contributed by atoms with E-state index in [9.17, 15) is 4.79 Å². The lowest BCUT2D eigenvalue weighted by molar-refractivity contribution is -0.168. The second-order valence-electron chi connectivity index (χ2n) is 5.78. The number of hydrogen-bond donors (Lipinski definition) is 0. The Kier molecular flexibility index (Phi) is 5.80. The summed E-state index contributed by atoms with van der Waals surface area (Å²) in [4.78, 5) is 14.5. The zero-order valence-corrected chi connectivity index (χ0v) is 13.4. The third-order valence-corrected chi connectivity index (χ3v) is 4.32. The molecule has 2 rings (SSSR count). The Morgan fingerprint density at radius 3 is 2.52 bits per heavy atom. The summed E-state index contributed by atoms with van der Waals surface area (Å²) in [5, 5.41) is 0. The lowest BCUT2D eigenvalue weighted by atomic mass is 9.79. The minimum Gasteiger partial charge on any atom is -0.378 e. The molecule has 0 aromatic heterocycles. The number of ether oxygens (including phenoxy) is 1. The number of amides is 1. The van der Waals surface area contributed by atoms with E-state index in [2.05, 4.69) is 19.1 Å². The minimum atomic E-state index is -0.0334. The summed E-state index contributed by atoms with van der Waals surface area (Å²) >= 11 is 0. The predicted molar refractivity (Wildman–Crippen MR) is 85.0 cm³/mol. The Balaban J connectivity index is 2.12. The molecule has 3 atom stereocenters. The van der Waals surface area contributed by atoms with Crippen LogP contribution in [0.25, 0.3) is 0 Å². The van der Waals surface area contributed by atoms with Crippen molar-refractivity contribution in [1.29, 1.82) is 0 Å². The number of benzene rings is 1. The molecule has 1 aliphatic rings. The topological polar surface area (TPSA) is 29.5 Å². The van der Waals surface area contributed by atoms with Crippen LogP contribution in [0.15, 0.2) is 30.3 Å². The predicted octanol–water partition coefficient (Wildman–Crippen LogP) is 3.80. The van der Waals surface area contributed by atoms with Gasteiger partial charge in [-0.3, -0.25) is 4.79 Å². The Morgan fingerprint density at radius 2 is 1.90 bits per heavy atom. The molecule has 1 heterocycles. The van der Waals surface area contributed by atoms with Crippen molar-refractivity contribution in [3.05, 3.63) is 35.9 Å². The molecular formula is C18H27NO2. The first kappa shape index (κ1) is 16.0. The Hall–Kier alpha value is -1.35. The fourth-order valence-corrected chi connectivity index (χ4v) is 3.22. The van der Waals surface area contributed by atoms with Crippen LogP contribution in [0.5, 0.6) is 0 Å². The van der Waals surface area contributed by atoms with E-state index in [1.807, 2.05) is 36.9 Å². The van der Waals surface area contributed by atoms with Gasteiger partial charge in [0.15, 0.2) is 0 Å². The second-order valence-corrected chi connectivity index (χ2v) is 5.78. The van der Waals surface area contributed by atoms with Gasteiger partial charge in [0, 0.05) is 13.2 Å². The molecule has 1 aliphatic heterocycles. The van der Waals surface area contributed by atoms with E-state index in [1.165, 1.54) is 18.4 Å². The highest BCUT2D eigenvalue weighted by Crippen LogP contribution is 2.42. The molecule has 0 spiro atoms. The molecular weight excluding hydrogens is 262 g/mol. The van der Waals surface area contributed by atoms with Gasteiger partial charge in [0.1, 0.15) is 0 Å². The average molecular weight is 289 g/mol. The third-order valence-electron chi connectivity index (χ3n) is 4.32. The van der Waals surface area contributed by atoms with Gasteiger partial charge in [-0.1, -0.05) is 50.1 Å². The number of nitrogens with zero attached hydrogens (tertiary/aromatic N) is 1. The molecule has 3 nitrogen and oxygen atoms in total. The minimum absolute atomic E-state index is 0.0184. The average Bonchev–Trinajstić information content (AvgIpc) is 2.49. The van der Waals surface area contributed by atoms with Gasteiger partial charge < -0.3 is 9.64 Å². The summed E-state index contributed by atoms with van der Waals surface area (Å²) in [6.45, 7) is 7.71. The number of unbranched alkanes of at least 4 members (excludes halogenated alkanes) is 2. The van der Waals surface area contributed by atoms with Crippen molar-refractivity contribution in [2.45, 2.75) is 52.2 Å². The Labute approximate surface area is 128 Å². The van der Waals surface area contributed by atoms with E-state index >= 15 is 0 Å². The molecule has 0 bridgehead atoms. The Morgan fingerprint density at radius 1 is 1.19 bits per heavy atom. The van der Waals surface area contributed by atoms with Crippen molar-refractivity contribution in [1.82, 2.24) is 4.90 Å². The normalized spacial score (nSPS) is 23.0. The molecule has 1 aromatic carbocycles. The first-order chi connectivity index (χ1) is 10.2. The molecule has 0 aliphatic carbocycles. The first-order valence-corrected chi connectivity index (χ1v) is 8.17. The van der Waals surface area contributed by atoms with E-state index < -0.39 is 0 Å². The molecule has 21 heavy (non-hydrogen) atoms. The maximum atomic E-state index is 12.5. The van der Waals surface area contributed by atoms with Crippen LogP contribution in [0.1, 0.15) is 51.6 Å². The standard InChI is InChI=1S/C18H27NO2/c1-4-6-10-13-19-17(15-11-8-7-9-12-15)16(18(19)20)14(3)21-5-2/h7-9,11-12,14,16-17H,4-6,10,13H2,1-3H3/t14?,16-,17+/m0/s1. The second kappa shape index (κ2) is 7.60. The number of hydrogen-bond acceptors (Lipinski definition) is 2. The van der Waals surface area contributed by atoms with Crippen LogP contribution in [0, 0.1) is 5.92 Å². The third kappa shape index (κ3) is 3.46. The van der Waals surface area contributed by atoms with Crippen LogP contribution in [0.3, 0.4) is 0 Å². The highest BCUT2D eigenvalue weighted by molar-refractivity contribution is 5.87. The summed E-state index contributed by atoms with van der Waals surface area (Å²) < 4.78 is 5.69. The van der Waals surface area contributed by atoms with Crippen molar-refractivity contribution in [2.75, 3.05) is 13.2 Å². The zero-order chi connectivity index (χ0) is 15.2. The summed E-state index contributed by atoms with van der Waals surface area (Å²) in [6, 6.07) is 10.5. The highest BCUT2D eigenvalue weighted by Gasteiger charge is 2.50. The van der Waals surface area contributed by atoms with Crippen molar-refractivity contribution < 1.29 is 9.53 Å². The smallest absolute Gasteiger partial charge is 0.231 e. The van der Waals surface area contributed by atoms with Gasteiger partial charge in [-0.25, -0.2) is 0 Å². The van der Waals surface area contributed by atoms with Gasteiger partial charge in [0.25, 0.3) is 0 Å². The molecule has 1 fully saturated rings. The van der Waals surface area contributed by atoms with Gasteiger partial charge >= 0.3 is 0 Å². The van der Waals surface area contributed by atoms with E-state index in [4.69, 9.17) is 4.74 Å². The quantitative estimate of drug-likeness (QED) is 0.538. The summed E-state index contributed by atoms with van der Waals surface area (Å²) in [5.41, 5.74) is 1.23. The lowest BCUT2D eigenvalue weighted by Crippen LogP contribution is -2.59. The van der Waals surface area contributed by atoms with E-state index in [0.29, 0.717) is 6.61 Å². The van der Waals surface area contributed by atoms with Crippen molar-refractivity contribution in [3.8, 4) is 0 Å². The van der Waals surface area contributed by atoms with Crippen molar-refractivity contribution in [2.24, 2.45) is 5.92 Å². The van der Waals surface area contributed by atoms with E-state index in [-0.39, 0.29) is 24.0 Å². The van der Waals surface area contributed by atoms with Crippen molar-refractivity contribution >= 4 is 5.91 Å². The lowest BCUT2D eigenvalue weighted by Gasteiger charge is -2.49. The molecule has 3 heteroatoms. The van der Waals surface area contributed by atoms with Crippen LogP contribution in [0.2, 0.25) is 0 Å². The molecule has 0 N–H and O–H groups in total.